The Balaban J connectivity index is 1.88. The Morgan fingerprint density at radius 1 is 1.00 bits per heavy atom. The molecule has 2 rings (SSSR count). The van der Waals surface area contributed by atoms with Crippen LogP contribution in [-0.2, 0) is 9.59 Å². The van der Waals surface area contributed by atoms with Crippen LogP contribution in [-0.4, -0.2) is 36.3 Å². The molecule has 0 bridgehead atoms. The molecule has 2 amide bonds. The first-order valence-electron chi connectivity index (χ1n) is 9.21. The van der Waals surface area contributed by atoms with Crippen LogP contribution in [0.25, 0.3) is 0 Å². The van der Waals surface area contributed by atoms with E-state index < -0.39 is 6.04 Å². The van der Waals surface area contributed by atoms with Gasteiger partial charge in [0.2, 0.25) is 11.8 Å². The third kappa shape index (κ3) is 5.93. The minimum absolute atomic E-state index is 0.0114. The van der Waals surface area contributed by atoms with E-state index in [0.29, 0.717) is 0 Å². The van der Waals surface area contributed by atoms with Gasteiger partial charge in [0.25, 0.3) is 0 Å². The second-order valence-corrected chi connectivity index (χ2v) is 7.08. The van der Waals surface area contributed by atoms with Crippen molar-refractivity contribution in [3.63, 3.8) is 0 Å². The van der Waals surface area contributed by atoms with Crippen LogP contribution in [0.15, 0.2) is 48.5 Å². The fourth-order valence-electron chi connectivity index (χ4n) is 3.07. The highest BCUT2D eigenvalue weighted by molar-refractivity contribution is 5.95. The van der Waals surface area contributed by atoms with Gasteiger partial charge in [-0.05, 0) is 51.0 Å². The molecule has 0 saturated carbocycles. The minimum atomic E-state index is -0.392. The largest absolute Gasteiger partial charge is 0.335 e. The number of likely N-dealkylation sites (N-methyl/N-ethyl adjacent to an activating group) is 1. The number of nitrogens with one attached hydrogen (secondary N) is 2. The molecule has 2 aromatic rings. The van der Waals surface area contributed by atoms with E-state index in [9.17, 15) is 9.59 Å². The lowest BCUT2D eigenvalue weighted by Gasteiger charge is -2.25. The molecule has 2 aromatic carbocycles. The van der Waals surface area contributed by atoms with Crippen LogP contribution in [0.3, 0.4) is 0 Å². The summed E-state index contributed by atoms with van der Waals surface area (Å²) in [5.41, 5.74) is 4.20. The Morgan fingerprint density at radius 3 is 2.26 bits per heavy atom. The van der Waals surface area contributed by atoms with Crippen molar-refractivity contribution >= 4 is 17.5 Å². The van der Waals surface area contributed by atoms with Crippen LogP contribution < -0.4 is 10.6 Å². The van der Waals surface area contributed by atoms with Crippen LogP contribution in [0.4, 0.5) is 5.69 Å². The lowest BCUT2D eigenvalue weighted by atomic mass is 10.0. The third-order valence-electron chi connectivity index (χ3n) is 4.62. The van der Waals surface area contributed by atoms with E-state index in [1.807, 2.05) is 57.2 Å². The van der Waals surface area contributed by atoms with E-state index in [2.05, 4.69) is 29.7 Å². The first kappa shape index (κ1) is 20.6. The summed E-state index contributed by atoms with van der Waals surface area (Å²) in [6.45, 7) is 7.92. The number of benzene rings is 2. The SMILES string of the molecule is Cc1ccc(NC(=O)CN(C)C(=O)[C@H](C)N[C@@H](C)c2ccccc2C)cc1. The molecular weight excluding hydrogens is 338 g/mol. The molecule has 0 aliphatic carbocycles. The van der Waals surface area contributed by atoms with Gasteiger partial charge >= 0.3 is 0 Å². The lowest BCUT2D eigenvalue weighted by Crippen LogP contribution is -2.46. The molecule has 0 saturated heterocycles. The van der Waals surface area contributed by atoms with Crippen molar-refractivity contribution in [1.29, 1.82) is 0 Å². The average Bonchev–Trinajstić information content (AvgIpc) is 2.63. The molecular formula is C22H29N3O2. The number of amides is 2. The number of nitrogens with zero attached hydrogens (tertiary/aromatic N) is 1. The standard InChI is InChI=1S/C22H29N3O2/c1-15-10-12-19(13-11-15)24-21(26)14-25(5)22(27)18(4)23-17(3)20-9-7-6-8-16(20)2/h6-13,17-18,23H,14H2,1-5H3,(H,24,26)/t17-,18-/m0/s1. The van der Waals surface area contributed by atoms with Crippen molar-refractivity contribution in [1.82, 2.24) is 10.2 Å². The zero-order valence-corrected chi connectivity index (χ0v) is 16.7. The summed E-state index contributed by atoms with van der Waals surface area (Å²) in [7, 11) is 1.65. The molecule has 27 heavy (non-hydrogen) atoms. The van der Waals surface area contributed by atoms with Gasteiger partial charge in [-0.3, -0.25) is 14.9 Å². The fraction of sp³-hybridized carbons (Fsp3) is 0.364. The van der Waals surface area contributed by atoms with Crippen LogP contribution in [0, 0.1) is 13.8 Å². The summed E-state index contributed by atoms with van der Waals surface area (Å²) in [4.78, 5) is 26.3. The van der Waals surface area contributed by atoms with E-state index >= 15 is 0 Å². The Kier molecular flexibility index (Phi) is 7.13. The molecule has 0 spiro atoms. The Hall–Kier alpha value is -2.66. The molecule has 0 fully saturated rings. The van der Waals surface area contributed by atoms with Crippen LogP contribution >= 0.6 is 0 Å². The van der Waals surface area contributed by atoms with Gasteiger partial charge in [0.15, 0.2) is 0 Å². The van der Waals surface area contributed by atoms with Crippen LogP contribution in [0.1, 0.15) is 36.6 Å². The fourth-order valence-corrected chi connectivity index (χ4v) is 3.07. The second kappa shape index (κ2) is 9.33. The van der Waals surface area contributed by atoms with Crippen LogP contribution in [0.2, 0.25) is 0 Å². The Morgan fingerprint density at radius 2 is 1.63 bits per heavy atom. The molecule has 0 unspecified atom stereocenters. The maximum absolute atomic E-state index is 12.6. The zero-order chi connectivity index (χ0) is 20.0. The first-order valence-corrected chi connectivity index (χ1v) is 9.21. The monoisotopic (exact) mass is 367 g/mol. The van der Waals surface area contributed by atoms with E-state index in [-0.39, 0.29) is 24.4 Å². The summed E-state index contributed by atoms with van der Waals surface area (Å²) < 4.78 is 0. The number of aryl methyl sites for hydroxylation is 2. The summed E-state index contributed by atoms with van der Waals surface area (Å²) >= 11 is 0. The lowest BCUT2D eigenvalue weighted by molar-refractivity contribution is -0.135. The molecule has 5 nitrogen and oxygen atoms in total. The van der Waals surface area contributed by atoms with Gasteiger partial charge in [-0.1, -0.05) is 42.0 Å². The first-order chi connectivity index (χ1) is 12.8. The van der Waals surface area contributed by atoms with Crippen molar-refractivity contribution in [3.05, 3.63) is 65.2 Å². The molecule has 2 N–H and O–H groups in total. The number of carbonyl (C=O) groups is 2. The van der Waals surface area contributed by atoms with Crippen molar-refractivity contribution < 1.29 is 9.59 Å². The number of rotatable bonds is 7. The minimum Gasteiger partial charge on any atom is -0.335 e. The van der Waals surface area contributed by atoms with Crippen molar-refractivity contribution in [2.75, 3.05) is 18.9 Å². The smallest absolute Gasteiger partial charge is 0.243 e. The molecule has 5 heteroatoms. The maximum atomic E-state index is 12.6. The Labute approximate surface area is 161 Å². The van der Waals surface area contributed by atoms with E-state index in [4.69, 9.17) is 0 Å². The van der Waals surface area contributed by atoms with Crippen molar-refractivity contribution in [2.24, 2.45) is 0 Å². The van der Waals surface area contributed by atoms with E-state index in [0.717, 1.165) is 16.8 Å². The summed E-state index contributed by atoms with van der Waals surface area (Å²) in [5, 5.41) is 6.14. The van der Waals surface area contributed by atoms with Gasteiger partial charge in [-0.15, -0.1) is 0 Å². The molecule has 0 aliphatic heterocycles. The topological polar surface area (TPSA) is 61.4 Å². The van der Waals surface area contributed by atoms with Gasteiger partial charge in [-0.2, -0.15) is 0 Å². The predicted molar refractivity (Wildman–Crippen MR) is 110 cm³/mol. The normalized spacial score (nSPS) is 12.9. The molecule has 0 aromatic heterocycles. The quantitative estimate of drug-likeness (QED) is 0.788. The van der Waals surface area contributed by atoms with Gasteiger partial charge < -0.3 is 10.2 Å². The highest BCUT2D eigenvalue weighted by atomic mass is 16.2. The summed E-state index contributed by atoms with van der Waals surface area (Å²) in [6, 6.07) is 15.3. The van der Waals surface area contributed by atoms with Crippen LogP contribution in [0.5, 0.6) is 0 Å². The maximum Gasteiger partial charge on any atom is 0.243 e. The summed E-state index contributed by atoms with van der Waals surface area (Å²) in [5.74, 6) is -0.330. The summed E-state index contributed by atoms with van der Waals surface area (Å²) in [6.07, 6.45) is 0. The van der Waals surface area contributed by atoms with Crippen molar-refractivity contribution in [3.8, 4) is 0 Å². The number of carbonyl (C=O) groups excluding carboxylic acids is 2. The second-order valence-electron chi connectivity index (χ2n) is 7.08. The number of hydrogen-bond acceptors (Lipinski definition) is 3. The predicted octanol–water partition coefficient (Wildman–Crippen LogP) is 3.44. The van der Waals surface area contributed by atoms with Crippen molar-refractivity contribution in [2.45, 2.75) is 39.8 Å². The molecule has 0 heterocycles. The van der Waals surface area contributed by atoms with E-state index in [1.165, 1.54) is 10.5 Å². The molecule has 0 aliphatic rings. The highest BCUT2D eigenvalue weighted by Crippen LogP contribution is 2.17. The number of anilines is 1. The van der Waals surface area contributed by atoms with E-state index in [1.54, 1.807) is 7.05 Å². The molecule has 0 radical (unpaired) electrons. The molecule has 2 atom stereocenters. The Bertz CT molecular complexity index is 786. The number of hydrogen-bond donors (Lipinski definition) is 2. The van der Waals surface area contributed by atoms with Gasteiger partial charge in [0.1, 0.15) is 0 Å². The van der Waals surface area contributed by atoms with Gasteiger partial charge in [0.05, 0.1) is 12.6 Å². The van der Waals surface area contributed by atoms with Gasteiger partial charge in [0, 0.05) is 18.8 Å². The van der Waals surface area contributed by atoms with Gasteiger partial charge in [-0.25, -0.2) is 0 Å². The highest BCUT2D eigenvalue weighted by Gasteiger charge is 2.21. The molecule has 144 valence electrons. The zero-order valence-electron chi connectivity index (χ0n) is 16.7. The average molecular weight is 367 g/mol. The third-order valence-corrected chi connectivity index (χ3v) is 4.62.